The molecule has 0 heterocycles. The Kier molecular flexibility index (Phi) is 6.44. The average Bonchev–Trinajstić information content (AvgIpc) is 2.60. The molecule has 0 aliphatic carbocycles. The van der Waals surface area contributed by atoms with Gasteiger partial charge in [0.1, 0.15) is 5.75 Å². The summed E-state index contributed by atoms with van der Waals surface area (Å²) in [7, 11) is 1.61. The number of amides is 2. The van der Waals surface area contributed by atoms with Gasteiger partial charge in [-0.15, -0.1) is 0 Å². The van der Waals surface area contributed by atoms with Crippen molar-refractivity contribution >= 4 is 6.03 Å². The van der Waals surface area contributed by atoms with Crippen molar-refractivity contribution in [2.24, 2.45) is 0 Å². The van der Waals surface area contributed by atoms with E-state index < -0.39 is 0 Å². The number of hydrogen-bond donors (Lipinski definition) is 2. The minimum atomic E-state index is -0.203. The van der Waals surface area contributed by atoms with Crippen LogP contribution in [-0.2, 0) is 13.1 Å². The Morgan fingerprint density at radius 1 is 1.13 bits per heavy atom. The van der Waals surface area contributed by atoms with Crippen LogP contribution in [0.3, 0.4) is 0 Å². The number of urea groups is 1. The monoisotopic (exact) mass is 314 g/mol. The van der Waals surface area contributed by atoms with Gasteiger partial charge in [0.2, 0.25) is 0 Å². The van der Waals surface area contributed by atoms with Gasteiger partial charge in [0, 0.05) is 19.6 Å². The number of carbonyl (C=O) groups excluding carboxylic acids is 1. The van der Waals surface area contributed by atoms with E-state index in [1.807, 2.05) is 54.6 Å². The molecule has 0 unspecified atom stereocenters. The molecule has 0 aliphatic rings. The lowest BCUT2D eigenvalue weighted by Crippen LogP contribution is -2.40. The zero-order valence-corrected chi connectivity index (χ0v) is 13.2. The first-order chi connectivity index (χ1) is 11.2. The Hall–Kier alpha value is -2.53. The number of hydrogen-bond acceptors (Lipinski definition) is 3. The maximum absolute atomic E-state index is 12.3. The van der Waals surface area contributed by atoms with Crippen LogP contribution in [-0.4, -0.2) is 36.3 Å². The third kappa shape index (κ3) is 5.30. The Bertz CT molecular complexity index is 617. The molecule has 0 spiro atoms. The number of rotatable bonds is 7. The fourth-order valence-corrected chi connectivity index (χ4v) is 2.25. The van der Waals surface area contributed by atoms with Crippen molar-refractivity contribution in [2.75, 3.05) is 20.3 Å². The van der Waals surface area contributed by atoms with Gasteiger partial charge in [-0.05, 0) is 23.3 Å². The lowest BCUT2D eigenvalue weighted by molar-refractivity contribution is 0.173. The third-order valence-corrected chi connectivity index (χ3v) is 3.45. The molecule has 23 heavy (non-hydrogen) atoms. The van der Waals surface area contributed by atoms with Crippen molar-refractivity contribution in [2.45, 2.75) is 13.1 Å². The first kappa shape index (κ1) is 16.8. The summed E-state index contributed by atoms with van der Waals surface area (Å²) in [6, 6.07) is 17.1. The molecule has 2 aromatic carbocycles. The quantitative estimate of drug-likeness (QED) is 0.825. The minimum absolute atomic E-state index is 0.0700. The van der Waals surface area contributed by atoms with Crippen LogP contribution in [0.25, 0.3) is 0 Å². The molecule has 2 N–H and O–H groups in total. The van der Waals surface area contributed by atoms with E-state index in [-0.39, 0.29) is 12.6 Å². The van der Waals surface area contributed by atoms with E-state index in [2.05, 4.69) is 5.32 Å². The van der Waals surface area contributed by atoms with Crippen molar-refractivity contribution in [1.29, 1.82) is 0 Å². The molecular weight excluding hydrogens is 292 g/mol. The van der Waals surface area contributed by atoms with Gasteiger partial charge in [0.15, 0.2) is 0 Å². The minimum Gasteiger partial charge on any atom is -0.497 e. The number of carbonyl (C=O) groups is 1. The summed E-state index contributed by atoms with van der Waals surface area (Å²) < 4.78 is 5.17. The molecule has 5 nitrogen and oxygen atoms in total. The highest BCUT2D eigenvalue weighted by Crippen LogP contribution is 2.12. The van der Waals surface area contributed by atoms with Gasteiger partial charge in [-0.2, -0.15) is 0 Å². The smallest absolute Gasteiger partial charge is 0.318 e. The first-order valence-corrected chi connectivity index (χ1v) is 7.53. The fraction of sp³-hybridized carbons (Fsp3) is 0.278. The van der Waals surface area contributed by atoms with Crippen LogP contribution in [0.5, 0.6) is 5.75 Å². The molecule has 0 fully saturated rings. The number of aliphatic hydroxyl groups is 1. The van der Waals surface area contributed by atoms with Crippen LogP contribution in [0.1, 0.15) is 11.1 Å². The molecule has 0 saturated heterocycles. The fourth-order valence-electron chi connectivity index (χ4n) is 2.25. The summed E-state index contributed by atoms with van der Waals surface area (Å²) in [5.41, 5.74) is 1.99. The van der Waals surface area contributed by atoms with E-state index in [1.165, 1.54) is 0 Å². The summed E-state index contributed by atoms with van der Waals surface area (Å²) in [6.45, 7) is 1.09. The number of ether oxygens (including phenoxy) is 1. The Morgan fingerprint density at radius 2 is 1.87 bits per heavy atom. The molecule has 2 amide bonds. The van der Waals surface area contributed by atoms with Crippen molar-refractivity contribution in [3.8, 4) is 5.75 Å². The van der Waals surface area contributed by atoms with Crippen molar-refractivity contribution in [1.82, 2.24) is 10.2 Å². The van der Waals surface area contributed by atoms with E-state index in [4.69, 9.17) is 4.74 Å². The molecular formula is C18H22N2O3. The summed E-state index contributed by atoms with van der Waals surface area (Å²) in [6.07, 6.45) is 0. The summed E-state index contributed by atoms with van der Waals surface area (Å²) in [5, 5.41) is 12.1. The number of benzene rings is 2. The second-order valence-electron chi connectivity index (χ2n) is 5.14. The second-order valence-corrected chi connectivity index (χ2v) is 5.14. The summed E-state index contributed by atoms with van der Waals surface area (Å²) in [5.74, 6) is 0.758. The zero-order chi connectivity index (χ0) is 16.5. The van der Waals surface area contributed by atoms with Gasteiger partial charge >= 0.3 is 6.03 Å². The largest absolute Gasteiger partial charge is 0.497 e. The van der Waals surface area contributed by atoms with Crippen LogP contribution in [0.2, 0.25) is 0 Å². The number of nitrogens with zero attached hydrogens (tertiary/aromatic N) is 1. The maximum atomic E-state index is 12.3. The van der Waals surface area contributed by atoms with Crippen LogP contribution < -0.4 is 10.1 Å². The van der Waals surface area contributed by atoms with Crippen molar-refractivity contribution in [3.05, 3.63) is 65.7 Å². The highest BCUT2D eigenvalue weighted by Gasteiger charge is 2.13. The Balaban J connectivity index is 1.94. The molecule has 122 valence electrons. The van der Waals surface area contributed by atoms with Gasteiger partial charge in [-0.1, -0.05) is 42.5 Å². The number of methoxy groups -OCH3 is 1. The molecule has 5 heteroatoms. The third-order valence-electron chi connectivity index (χ3n) is 3.45. The standard InChI is InChI=1S/C18H22N2O3/c1-23-17-9-5-8-16(12-17)13-19-18(22)20(10-11-21)14-15-6-3-2-4-7-15/h2-9,12,21H,10-11,13-14H2,1H3,(H,19,22). The molecule has 0 radical (unpaired) electrons. The van der Waals surface area contributed by atoms with E-state index in [0.717, 1.165) is 16.9 Å². The van der Waals surface area contributed by atoms with Gasteiger partial charge < -0.3 is 20.1 Å². The normalized spacial score (nSPS) is 10.2. The van der Waals surface area contributed by atoms with Crippen LogP contribution in [0.4, 0.5) is 4.79 Å². The lowest BCUT2D eigenvalue weighted by atomic mass is 10.2. The lowest BCUT2D eigenvalue weighted by Gasteiger charge is -2.22. The highest BCUT2D eigenvalue weighted by atomic mass is 16.5. The van der Waals surface area contributed by atoms with Crippen LogP contribution >= 0.6 is 0 Å². The second kappa shape index (κ2) is 8.80. The first-order valence-electron chi connectivity index (χ1n) is 7.53. The van der Waals surface area contributed by atoms with Gasteiger partial charge in [0.25, 0.3) is 0 Å². The Labute approximate surface area is 136 Å². The predicted molar refractivity (Wildman–Crippen MR) is 89.2 cm³/mol. The van der Waals surface area contributed by atoms with Gasteiger partial charge in [-0.3, -0.25) is 0 Å². The van der Waals surface area contributed by atoms with Crippen LogP contribution in [0.15, 0.2) is 54.6 Å². The van der Waals surface area contributed by atoms with Gasteiger partial charge in [0.05, 0.1) is 13.7 Å². The zero-order valence-electron chi connectivity index (χ0n) is 13.2. The molecule has 2 aromatic rings. The average molecular weight is 314 g/mol. The highest BCUT2D eigenvalue weighted by molar-refractivity contribution is 5.74. The molecule has 0 saturated carbocycles. The SMILES string of the molecule is COc1cccc(CNC(=O)N(CCO)Cc2ccccc2)c1. The predicted octanol–water partition coefficient (Wildman–Crippen LogP) is 2.40. The van der Waals surface area contributed by atoms with Crippen LogP contribution in [0, 0.1) is 0 Å². The molecule has 0 atom stereocenters. The summed E-state index contributed by atoms with van der Waals surface area (Å²) >= 11 is 0. The van der Waals surface area contributed by atoms with Crippen molar-refractivity contribution in [3.63, 3.8) is 0 Å². The molecule has 2 rings (SSSR count). The topological polar surface area (TPSA) is 61.8 Å². The van der Waals surface area contributed by atoms with Gasteiger partial charge in [-0.25, -0.2) is 4.79 Å². The van der Waals surface area contributed by atoms with E-state index in [0.29, 0.717) is 19.6 Å². The summed E-state index contributed by atoms with van der Waals surface area (Å²) in [4.78, 5) is 13.9. The van der Waals surface area contributed by atoms with E-state index >= 15 is 0 Å². The molecule has 0 bridgehead atoms. The van der Waals surface area contributed by atoms with E-state index in [1.54, 1.807) is 12.0 Å². The van der Waals surface area contributed by atoms with Crippen molar-refractivity contribution < 1.29 is 14.6 Å². The molecule has 0 aliphatic heterocycles. The van der Waals surface area contributed by atoms with E-state index in [9.17, 15) is 9.90 Å². The molecule has 0 aromatic heterocycles. The Morgan fingerprint density at radius 3 is 2.57 bits per heavy atom. The number of nitrogens with one attached hydrogen (secondary N) is 1. The number of aliphatic hydroxyl groups excluding tert-OH is 1. The maximum Gasteiger partial charge on any atom is 0.318 e.